The lowest BCUT2D eigenvalue weighted by Crippen LogP contribution is -2.48. The van der Waals surface area contributed by atoms with Gasteiger partial charge >= 0.3 is 0 Å². The van der Waals surface area contributed by atoms with Gasteiger partial charge in [-0.15, -0.1) is 0 Å². The first kappa shape index (κ1) is 17.4. The topological polar surface area (TPSA) is 35.6 Å². The van der Waals surface area contributed by atoms with E-state index < -0.39 is 0 Å². The fraction of sp³-hybridized carbons (Fsp3) is 0.389. The molecule has 0 spiro atoms. The summed E-state index contributed by atoms with van der Waals surface area (Å²) in [6.45, 7) is 4.78. The van der Waals surface area contributed by atoms with Crippen molar-refractivity contribution in [2.75, 3.05) is 39.8 Å². The van der Waals surface area contributed by atoms with Gasteiger partial charge in [-0.3, -0.25) is 9.69 Å². The van der Waals surface area contributed by atoms with E-state index in [0.29, 0.717) is 17.1 Å². The van der Waals surface area contributed by atoms with Crippen LogP contribution in [-0.4, -0.2) is 55.5 Å². The Morgan fingerprint density at radius 3 is 2.54 bits per heavy atom. The van der Waals surface area contributed by atoms with E-state index in [4.69, 9.17) is 11.6 Å². The molecule has 1 N–H and O–H groups in total. The Bertz CT molecular complexity index is 651. The normalized spacial score (nSPS) is 17.6. The minimum atomic E-state index is -0.0546. The Hall–Kier alpha value is -1.40. The Kier molecular flexibility index (Phi) is 5.89. The predicted molar refractivity (Wildman–Crippen MR) is 99.9 cm³/mol. The van der Waals surface area contributed by atoms with Gasteiger partial charge in [-0.2, -0.15) is 11.3 Å². The molecule has 1 fully saturated rings. The summed E-state index contributed by atoms with van der Waals surface area (Å²) < 4.78 is 0. The van der Waals surface area contributed by atoms with Crippen molar-refractivity contribution in [2.24, 2.45) is 0 Å². The molecule has 1 saturated heterocycles. The third-order valence-electron chi connectivity index (χ3n) is 4.47. The second-order valence-corrected chi connectivity index (χ2v) is 7.35. The van der Waals surface area contributed by atoms with Gasteiger partial charge in [0.15, 0.2) is 0 Å². The van der Waals surface area contributed by atoms with E-state index in [2.05, 4.69) is 39.0 Å². The van der Waals surface area contributed by atoms with Crippen molar-refractivity contribution in [1.82, 2.24) is 15.1 Å². The highest BCUT2D eigenvalue weighted by Crippen LogP contribution is 2.23. The number of piperazine rings is 1. The van der Waals surface area contributed by atoms with Gasteiger partial charge in [-0.05, 0) is 53.7 Å². The molecule has 0 bridgehead atoms. The molecule has 1 amide bonds. The zero-order valence-corrected chi connectivity index (χ0v) is 15.3. The van der Waals surface area contributed by atoms with Crippen LogP contribution in [0, 0.1) is 0 Å². The molecule has 1 atom stereocenters. The summed E-state index contributed by atoms with van der Waals surface area (Å²) in [6.07, 6.45) is 0. The van der Waals surface area contributed by atoms with Gasteiger partial charge in [0.25, 0.3) is 5.91 Å². The van der Waals surface area contributed by atoms with Crippen molar-refractivity contribution in [3.05, 3.63) is 57.2 Å². The molecule has 2 aromatic rings. The second kappa shape index (κ2) is 8.12. The Morgan fingerprint density at radius 2 is 1.92 bits per heavy atom. The van der Waals surface area contributed by atoms with Crippen LogP contribution >= 0.6 is 22.9 Å². The zero-order valence-electron chi connectivity index (χ0n) is 13.7. The molecule has 24 heavy (non-hydrogen) atoms. The molecule has 128 valence electrons. The molecule has 0 unspecified atom stereocenters. The average Bonchev–Trinajstić information content (AvgIpc) is 3.11. The summed E-state index contributed by atoms with van der Waals surface area (Å²) in [7, 11) is 2.15. The first-order chi connectivity index (χ1) is 11.6. The fourth-order valence-electron chi connectivity index (χ4n) is 2.95. The smallest absolute Gasteiger partial charge is 0.251 e. The van der Waals surface area contributed by atoms with Gasteiger partial charge in [0.1, 0.15) is 0 Å². The predicted octanol–water partition coefficient (Wildman–Crippen LogP) is 3.12. The highest BCUT2D eigenvalue weighted by molar-refractivity contribution is 7.07. The van der Waals surface area contributed by atoms with E-state index in [1.54, 1.807) is 35.6 Å². The van der Waals surface area contributed by atoms with Crippen molar-refractivity contribution in [1.29, 1.82) is 0 Å². The van der Waals surface area contributed by atoms with Crippen molar-refractivity contribution in [3.8, 4) is 0 Å². The number of thiophene rings is 1. The Balaban J connectivity index is 1.66. The molecule has 0 radical (unpaired) electrons. The van der Waals surface area contributed by atoms with Crippen molar-refractivity contribution in [2.45, 2.75) is 6.04 Å². The number of carbonyl (C=O) groups excluding carboxylic acids is 1. The number of amides is 1. The lowest BCUT2D eigenvalue weighted by molar-refractivity contribution is 0.0887. The van der Waals surface area contributed by atoms with Crippen LogP contribution < -0.4 is 5.32 Å². The molecular weight excluding hydrogens is 342 g/mol. The number of likely N-dealkylation sites (N-methyl/N-ethyl adjacent to an activating group) is 1. The quantitative estimate of drug-likeness (QED) is 0.886. The average molecular weight is 364 g/mol. The van der Waals surface area contributed by atoms with Crippen LogP contribution in [0.1, 0.15) is 22.0 Å². The molecule has 1 aromatic heterocycles. The summed E-state index contributed by atoms with van der Waals surface area (Å²) in [5.41, 5.74) is 1.92. The minimum absolute atomic E-state index is 0.0546. The Morgan fingerprint density at radius 1 is 1.21 bits per heavy atom. The molecule has 3 rings (SSSR count). The van der Waals surface area contributed by atoms with Crippen molar-refractivity contribution in [3.63, 3.8) is 0 Å². The van der Waals surface area contributed by atoms with Crippen LogP contribution in [0.4, 0.5) is 0 Å². The fourth-order valence-corrected chi connectivity index (χ4v) is 3.78. The molecule has 1 aromatic carbocycles. The molecule has 0 aliphatic carbocycles. The second-order valence-electron chi connectivity index (χ2n) is 6.13. The highest BCUT2D eigenvalue weighted by Gasteiger charge is 2.24. The van der Waals surface area contributed by atoms with Gasteiger partial charge in [0, 0.05) is 43.3 Å². The summed E-state index contributed by atoms with van der Waals surface area (Å²) in [6, 6.07) is 9.38. The number of nitrogens with zero attached hydrogens (tertiary/aromatic N) is 2. The standard InChI is InChI=1S/C18H22ClN3OS/c1-21-7-9-22(10-8-21)17(15-6-11-24-13-15)12-20-18(23)14-2-4-16(19)5-3-14/h2-6,11,13,17H,7-10,12H2,1H3,(H,20,23)/t17-/m1/s1. The van der Waals surface area contributed by atoms with Crippen molar-refractivity contribution >= 4 is 28.8 Å². The summed E-state index contributed by atoms with van der Waals surface area (Å²) in [5.74, 6) is -0.0546. The van der Waals surface area contributed by atoms with E-state index in [1.165, 1.54) is 5.56 Å². The SMILES string of the molecule is CN1CCN([C@H](CNC(=O)c2ccc(Cl)cc2)c2ccsc2)CC1. The van der Waals surface area contributed by atoms with Gasteiger partial charge in [-0.1, -0.05) is 11.6 Å². The number of hydrogen-bond donors (Lipinski definition) is 1. The lowest BCUT2D eigenvalue weighted by atomic mass is 10.1. The summed E-state index contributed by atoms with van der Waals surface area (Å²) in [5, 5.41) is 8.00. The Labute approximate surface area is 152 Å². The number of benzene rings is 1. The van der Waals surface area contributed by atoms with Gasteiger partial charge < -0.3 is 10.2 Å². The first-order valence-electron chi connectivity index (χ1n) is 8.12. The minimum Gasteiger partial charge on any atom is -0.350 e. The zero-order chi connectivity index (χ0) is 16.9. The van der Waals surface area contributed by atoms with E-state index >= 15 is 0 Å². The maximum absolute atomic E-state index is 12.4. The van der Waals surface area contributed by atoms with Crippen molar-refractivity contribution < 1.29 is 4.79 Å². The van der Waals surface area contributed by atoms with Crippen LogP contribution in [-0.2, 0) is 0 Å². The molecule has 1 aliphatic heterocycles. The maximum Gasteiger partial charge on any atom is 0.251 e. The number of carbonyl (C=O) groups is 1. The number of hydrogen-bond acceptors (Lipinski definition) is 4. The first-order valence-corrected chi connectivity index (χ1v) is 9.44. The molecule has 4 nitrogen and oxygen atoms in total. The van der Waals surface area contributed by atoms with E-state index in [0.717, 1.165) is 26.2 Å². The highest BCUT2D eigenvalue weighted by atomic mass is 35.5. The largest absolute Gasteiger partial charge is 0.350 e. The van der Waals surface area contributed by atoms with Gasteiger partial charge in [-0.25, -0.2) is 0 Å². The van der Waals surface area contributed by atoms with E-state index in [-0.39, 0.29) is 11.9 Å². The molecule has 1 aliphatic rings. The third-order valence-corrected chi connectivity index (χ3v) is 5.42. The molecular formula is C18H22ClN3OS. The monoisotopic (exact) mass is 363 g/mol. The molecule has 2 heterocycles. The number of nitrogens with one attached hydrogen (secondary N) is 1. The van der Waals surface area contributed by atoms with Crippen LogP contribution in [0.15, 0.2) is 41.1 Å². The van der Waals surface area contributed by atoms with Crippen LogP contribution in [0.2, 0.25) is 5.02 Å². The van der Waals surface area contributed by atoms with Gasteiger partial charge in [0.2, 0.25) is 0 Å². The summed E-state index contributed by atoms with van der Waals surface area (Å²) >= 11 is 7.58. The maximum atomic E-state index is 12.4. The van der Waals surface area contributed by atoms with Crippen LogP contribution in [0.5, 0.6) is 0 Å². The number of halogens is 1. The molecule has 0 saturated carbocycles. The van der Waals surface area contributed by atoms with Crippen LogP contribution in [0.25, 0.3) is 0 Å². The van der Waals surface area contributed by atoms with Gasteiger partial charge in [0.05, 0.1) is 6.04 Å². The number of rotatable bonds is 5. The van der Waals surface area contributed by atoms with Crippen LogP contribution in [0.3, 0.4) is 0 Å². The summed E-state index contributed by atoms with van der Waals surface area (Å²) in [4.78, 5) is 17.2. The lowest BCUT2D eigenvalue weighted by Gasteiger charge is -2.38. The van der Waals surface area contributed by atoms with E-state index in [9.17, 15) is 4.79 Å². The molecule has 6 heteroatoms. The third kappa shape index (κ3) is 4.36. The van der Waals surface area contributed by atoms with E-state index in [1.807, 2.05) is 0 Å².